The molecule has 0 spiro atoms. The summed E-state index contributed by atoms with van der Waals surface area (Å²) in [6.07, 6.45) is -2.87. The first kappa shape index (κ1) is 18.6. The Morgan fingerprint density at radius 3 is 2.52 bits per heavy atom. The predicted octanol–water partition coefficient (Wildman–Crippen LogP) is 1.38. The summed E-state index contributed by atoms with van der Waals surface area (Å²) in [7, 11) is 0. The van der Waals surface area contributed by atoms with Crippen LogP contribution in [0, 0.1) is 10.1 Å². The number of halogens is 3. The molecule has 11 heteroatoms. The number of nitrogens with two attached hydrogens (primary N) is 1. The van der Waals surface area contributed by atoms with Crippen molar-refractivity contribution in [3.8, 4) is 0 Å². The summed E-state index contributed by atoms with van der Waals surface area (Å²) in [6.45, 7) is 1.26. The highest BCUT2D eigenvalue weighted by Gasteiger charge is 2.38. The number of pyridine rings is 1. The molecule has 21 heavy (non-hydrogen) atoms. The first-order chi connectivity index (χ1) is 9.68. The number of nitrogens with zero attached hydrogens (tertiary/aromatic N) is 2. The van der Waals surface area contributed by atoms with Gasteiger partial charge in [0.05, 0.1) is 11.0 Å². The van der Waals surface area contributed by atoms with Crippen molar-refractivity contribution in [3.63, 3.8) is 0 Å². The Morgan fingerprint density at radius 2 is 2.10 bits per heavy atom. The Bertz CT molecular complexity index is 482. The maximum atomic E-state index is 10.6. The third-order valence-corrected chi connectivity index (χ3v) is 1.88. The van der Waals surface area contributed by atoms with Gasteiger partial charge in [-0.05, 0) is 13.0 Å². The van der Waals surface area contributed by atoms with Gasteiger partial charge < -0.3 is 16.2 Å². The van der Waals surface area contributed by atoms with E-state index < -0.39 is 17.1 Å². The lowest BCUT2D eigenvalue weighted by atomic mass is 10.4. The van der Waals surface area contributed by atoms with Crippen molar-refractivity contribution in [1.82, 2.24) is 4.98 Å². The van der Waals surface area contributed by atoms with Crippen LogP contribution in [0.1, 0.15) is 6.42 Å². The molecule has 0 aliphatic rings. The van der Waals surface area contributed by atoms with Crippen molar-refractivity contribution in [1.29, 1.82) is 0 Å². The molecular formula is C10H13F3N4O4. The molecule has 0 amide bonds. The Hall–Kier alpha value is -2.43. The molecule has 0 fully saturated rings. The van der Waals surface area contributed by atoms with Gasteiger partial charge in [0.1, 0.15) is 5.82 Å². The molecular weight excluding hydrogens is 297 g/mol. The maximum absolute atomic E-state index is 10.6. The van der Waals surface area contributed by atoms with Gasteiger partial charge in [0.2, 0.25) is 0 Å². The first-order valence-electron chi connectivity index (χ1n) is 5.53. The second-order valence-corrected chi connectivity index (χ2v) is 3.53. The van der Waals surface area contributed by atoms with E-state index in [0.29, 0.717) is 18.9 Å². The monoisotopic (exact) mass is 310 g/mol. The van der Waals surface area contributed by atoms with E-state index in [1.807, 2.05) is 0 Å². The first-order valence-corrected chi connectivity index (χ1v) is 5.53. The largest absolute Gasteiger partial charge is 0.490 e. The molecule has 0 aromatic carbocycles. The molecule has 8 nitrogen and oxygen atoms in total. The van der Waals surface area contributed by atoms with Crippen LogP contribution in [-0.2, 0) is 4.79 Å². The number of anilines is 1. The van der Waals surface area contributed by atoms with E-state index in [9.17, 15) is 23.3 Å². The number of carboxylic acid groups (broad SMARTS) is 1. The summed E-state index contributed by atoms with van der Waals surface area (Å²) in [6, 6.07) is 2.75. The van der Waals surface area contributed by atoms with E-state index >= 15 is 0 Å². The average molecular weight is 310 g/mol. The zero-order valence-electron chi connectivity index (χ0n) is 10.6. The van der Waals surface area contributed by atoms with Gasteiger partial charge in [0.15, 0.2) is 0 Å². The lowest BCUT2D eigenvalue weighted by molar-refractivity contribution is -0.384. The van der Waals surface area contributed by atoms with Gasteiger partial charge in [-0.1, -0.05) is 0 Å². The quantitative estimate of drug-likeness (QED) is 0.425. The van der Waals surface area contributed by atoms with Gasteiger partial charge in [-0.15, -0.1) is 0 Å². The summed E-state index contributed by atoms with van der Waals surface area (Å²) in [5.74, 6) is -2.25. The number of nitro groups is 1. The number of hydrogen-bond acceptors (Lipinski definition) is 6. The van der Waals surface area contributed by atoms with Crippen LogP contribution in [0.4, 0.5) is 24.7 Å². The van der Waals surface area contributed by atoms with E-state index in [1.54, 1.807) is 0 Å². The predicted molar refractivity (Wildman–Crippen MR) is 66.7 cm³/mol. The van der Waals surface area contributed by atoms with E-state index in [0.717, 1.165) is 6.42 Å². The molecule has 0 saturated heterocycles. The van der Waals surface area contributed by atoms with E-state index in [-0.39, 0.29) is 5.69 Å². The van der Waals surface area contributed by atoms with Crippen LogP contribution in [-0.4, -0.2) is 40.2 Å². The number of aromatic nitrogens is 1. The van der Waals surface area contributed by atoms with Crippen molar-refractivity contribution >= 4 is 17.5 Å². The summed E-state index contributed by atoms with van der Waals surface area (Å²) >= 11 is 0. The fourth-order valence-electron chi connectivity index (χ4n) is 0.948. The summed E-state index contributed by atoms with van der Waals surface area (Å²) in [5.41, 5.74) is 5.34. The van der Waals surface area contributed by atoms with Crippen LogP contribution in [0.2, 0.25) is 0 Å². The minimum Gasteiger partial charge on any atom is -0.475 e. The smallest absolute Gasteiger partial charge is 0.475 e. The van der Waals surface area contributed by atoms with Crippen LogP contribution >= 0.6 is 0 Å². The fourth-order valence-corrected chi connectivity index (χ4v) is 0.948. The molecule has 1 heterocycles. The summed E-state index contributed by atoms with van der Waals surface area (Å²) in [5, 5.41) is 20.5. The van der Waals surface area contributed by atoms with Gasteiger partial charge >= 0.3 is 12.1 Å². The molecule has 1 aromatic rings. The van der Waals surface area contributed by atoms with Crippen LogP contribution < -0.4 is 11.1 Å². The minimum absolute atomic E-state index is 0.0373. The maximum Gasteiger partial charge on any atom is 0.490 e. The summed E-state index contributed by atoms with van der Waals surface area (Å²) < 4.78 is 31.7. The number of hydrogen-bond donors (Lipinski definition) is 3. The minimum atomic E-state index is -5.08. The zero-order valence-corrected chi connectivity index (χ0v) is 10.6. The Morgan fingerprint density at radius 1 is 1.52 bits per heavy atom. The average Bonchev–Trinajstić information content (AvgIpc) is 2.39. The topological polar surface area (TPSA) is 131 Å². The van der Waals surface area contributed by atoms with Crippen LogP contribution in [0.25, 0.3) is 0 Å². The third-order valence-electron chi connectivity index (χ3n) is 1.88. The molecule has 0 aliphatic heterocycles. The number of nitrogens with one attached hydrogen (secondary N) is 1. The Labute approximate surface area is 116 Å². The molecule has 0 atom stereocenters. The van der Waals surface area contributed by atoms with Gasteiger partial charge in [0, 0.05) is 18.8 Å². The summed E-state index contributed by atoms with van der Waals surface area (Å²) in [4.78, 5) is 22.8. The van der Waals surface area contributed by atoms with E-state index in [1.165, 1.54) is 18.3 Å². The van der Waals surface area contributed by atoms with E-state index in [2.05, 4.69) is 10.3 Å². The number of rotatable bonds is 5. The van der Waals surface area contributed by atoms with E-state index in [4.69, 9.17) is 15.6 Å². The lowest BCUT2D eigenvalue weighted by Crippen LogP contribution is -2.21. The molecule has 0 bridgehead atoms. The van der Waals surface area contributed by atoms with Gasteiger partial charge in [-0.2, -0.15) is 13.2 Å². The zero-order chi connectivity index (χ0) is 16.5. The fraction of sp³-hybridized carbons (Fsp3) is 0.400. The number of alkyl halides is 3. The Balaban J connectivity index is 0.000000486. The highest BCUT2D eigenvalue weighted by Crippen LogP contribution is 2.14. The number of carbonyl (C=O) groups is 1. The highest BCUT2D eigenvalue weighted by molar-refractivity contribution is 5.73. The van der Waals surface area contributed by atoms with Crippen molar-refractivity contribution in [3.05, 3.63) is 28.4 Å². The molecule has 0 saturated carbocycles. The third kappa shape index (κ3) is 8.36. The molecule has 1 aromatic heterocycles. The molecule has 0 unspecified atom stereocenters. The molecule has 0 aliphatic carbocycles. The van der Waals surface area contributed by atoms with Crippen molar-refractivity contribution in [2.24, 2.45) is 5.73 Å². The number of aliphatic carboxylic acids is 1. The van der Waals surface area contributed by atoms with Crippen LogP contribution in [0.15, 0.2) is 18.3 Å². The SMILES string of the molecule is NCCCNc1cc([N+](=O)[O-])ccn1.O=C(O)C(F)(F)F. The second kappa shape index (κ2) is 8.68. The van der Waals surface area contributed by atoms with Crippen molar-refractivity contribution < 1.29 is 28.0 Å². The number of carboxylic acids is 1. The van der Waals surface area contributed by atoms with Crippen molar-refractivity contribution in [2.45, 2.75) is 12.6 Å². The van der Waals surface area contributed by atoms with Gasteiger partial charge in [0.25, 0.3) is 5.69 Å². The van der Waals surface area contributed by atoms with Gasteiger partial charge in [-0.25, -0.2) is 9.78 Å². The van der Waals surface area contributed by atoms with Crippen LogP contribution in [0.3, 0.4) is 0 Å². The van der Waals surface area contributed by atoms with Crippen LogP contribution in [0.5, 0.6) is 0 Å². The molecule has 118 valence electrons. The lowest BCUT2D eigenvalue weighted by Gasteiger charge is -2.02. The van der Waals surface area contributed by atoms with Crippen molar-refractivity contribution in [2.75, 3.05) is 18.4 Å². The molecule has 1 rings (SSSR count). The second-order valence-electron chi connectivity index (χ2n) is 3.53. The highest BCUT2D eigenvalue weighted by atomic mass is 19.4. The Kier molecular flexibility index (Phi) is 7.68. The molecule has 4 N–H and O–H groups in total. The van der Waals surface area contributed by atoms with Gasteiger partial charge in [-0.3, -0.25) is 10.1 Å². The normalized spacial score (nSPS) is 10.3. The molecule has 0 radical (unpaired) electrons. The standard InChI is InChI=1S/C8H12N4O2.C2HF3O2/c9-3-1-4-10-8-6-7(12(13)14)2-5-11-8;3-2(4,5)1(6)7/h2,5-6H,1,3-4,9H2,(H,10,11);(H,6,7).